The van der Waals surface area contributed by atoms with Gasteiger partial charge in [0, 0.05) is 6.04 Å². The fourth-order valence-corrected chi connectivity index (χ4v) is 1.97. The van der Waals surface area contributed by atoms with Crippen LogP contribution in [0.2, 0.25) is 0 Å². The summed E-state index contributed by atoms with van der Waals surface area (Å²) in [6, 6.07) is 4.68. The molecule has 1 aliphatic rings. The Morgan fingerprint density at radius 3 is 2.46 bits per heavy atom. The molecule has 0 aromatic carbocycles. The quantitative estimate of drug-likeness (QED) is 0.616. The Morgan fingerprint density at radius 2 is 2.00 bits per heavy atom. The molecule has 0 aromatic heterocycles. The topological polar surface area (TPSA) is 50.8 Å². The number of hydrogen-bond acceptors (Lipinski definition) is 3. The molecule has 0 aliphatic heterocycles. The van der Waals surface area contributed by atoms with E-state index < -0.39 is 0 Å². The Bertz CT molecular complexity index is 230. The minimum atomic E-state index is -0.122. The predicted molar refractivity (Wildman–Crippen MR) is 49.7 cm³/mol. The van der Waals surface area contributed by atoms with Crippen LogP contribution in [-0.4, -0.2) is 23.5 Å². The molecule has 1 rings (SSSR count). The maximum absolute atomic E-state index is 8.79. The van der Waals surface area contributed by atoms with Crippen molar-refractivity contribution in [2.45, 2.75) is 44.7 Å². The largest absolute Gasteiger partial charge is 0.272 e. The van der Waals surface area contributed by atoms with Crippen molar-refractivity contribution in [3.8, 4) is 12.1 Å². The van der Waals surface area contributed by atoms with E-state index in [-0.39, 0.29) is 6.04 Å². The number of nitriles is 2. The summed E-state index contributed by atoms with van der Waals surface area (Å²) in [7, 11) is 0. The second kappa shape index (κ2) is 4.84. The van der Waals surface area contributed by atoms with Gasteiger partial charge in [-0.2, -0.15) is 10.5 Å². The van der Waals surface area contributed by atoms with Gasteiger partial charge in [0.05, 0.1) is 24.7 Å². The molecule has 0 N–H and O–H groups in total. The summed E-state index contributed by atoms with van der Waals surface area (Å²) < 4.78 is 0. The number of rotatable bonds is 3. The highest BCUT2D eigenvalue weighted by Gasteiger charge is 2.25. The van der Waals surface area contributed by atoms with Gasteiger partial charge in [0.2, 0.25) is 0 Å². The van der Waals surface area contributed by atoms with Crippen molar-refractivity contribution in [1.29, 1.82) is 10.5 Å². The summed E-state index contributed by atoms with van der Waals surface area (Å²) in [5, 5.41) is 17.4. The monoisotopic (exact) mass is 177 g/mol. The lowest BCUT2D eigenvalue weighted by molar-refractivity contribution is 0.197. The van der Waals surface area contributed by atoms with Crippen LogP contribution in [-0.2, 0) is 0 Å². The minimum absolute atomic E-state index is 0.122. The summed E-state index contributed by atoms with van der Waals surface area (Å²) in [5.74, 6) is 0. The molecule has 1 saturated carbocycles. The summed E-state index contributed by atoms with van der Waals surface area (Å²) in [4.78, 5) is 2.02. The van der Waals surface area contributed by atoms with E-state index in [0.29, 0.717) is 12.6 Å². The zero-order chi connectivity index (χ0) is 9.68. The minimum Gasteiger partial charge on any atom is -0.272 e. The van der Waals surface area contributed by atoms with Gasteiger partial charge in [-0.05, 0) is 19.8 Å². The molecule has 0 heterocycles. The average molecular weight is 177 g/mol. The molecule has 3 nitrogen and oxygen atoms in total. The van der Waals surface area contributed by atoms with E-state index in [1.165, 1.54) is 12.8 Å². The standard InChI is InChI=1S/C10H15N3/c1-9(8-12)13(7-6-11)10-4-2-3-5-10/h9-10H,2-5,7H2,1H3. The van der Waals surface area contributed by atoms with Crippen LogP contribution in [0, 0.1) is 22.7 Å². The van der Waals surface area contributed by atoms with E-state index in [2.05, 4.69) is 12.1 Å². The Morgan fingerprint density at radius 1 is 1.38 bits per heavy atom. The van der Waals surface area contributed by atoms with Gasteiger partial charge in [-0.3, -0.25) is 4.90 Å². The molecule has 0 spiro atoms. The lowest BCUT2D eigenvalue weighted by Crippen LogP contribution is -2.39. The summed E-state index contributed by atoms with van der Waals surface area (Å²) >= 11 is 0. The van der Waals surface area contributed by atoms with Gasteiger partial charge in [-0.15, -0.1) is 0 Å². The molecule has 0 aromatic rings. The molecule has 1 atom stereocenters. The summed E-state index contributed by atoms with van der Waals surface area (Å²) in [6.45, 7) is 2.26. The smallest absolute Gasteiger partial charge is 0.0960 e. The Hall–Kier alpha value is -1.06. The van der Waals surface area contributed by atoms with Crippen molar-refractivity contribution in [1.82, 2.24) is 4.90 Å². The molecule has 0 bridgehead atoms. The molecule has 13 heavy (non-hydrogen) atoms. The molecule has 70 valence electrons. The van der Waals surface area contributed by atoms with Gasteiger partial charge >= 0.3 is 0 Å². The van der Waals surface area contributed by atoms with Crippen molar-refractivity contribution in [3.63, 3.8) is 0 Å². The Kier molecular flexibility index (Phi) is 3.73. The Balaban J connectivity index is 2.57. The van der Waals surface area contributed by atoms with E-state index in [0.717, 1.165) is 12.8 Å². The maximum atomic E-state index is 8.79. The van der Waals surface area contributed by atoms with Crippen LogP contribution in [0.15, 0.2) is 0 Å². The van der Waals surface area contributed by atoms with Gasteiger partial charge < -0.3 is 0 Å². The van der Waals surface area contributed by atoms with Crippen LogP contribution >= 0.6 is 0 Å². The molecule has 0 radical (unpaired) electrons. The van der Waals surface area contributed by atoms with Crippen molar-refractivity contribution < 1.29 is 0 Å². The van der Waals surface area contributed by atoms with Gasteiger partial charge in [0.25, 0.3) is 0 Å². The molecule has 0 saturated heterocycles. The van der Waals surface area contributed by atoms with E-state index >= 15 is 0 Å². The normalized spacial score (nSPS) is 19.7. The highest BCUT2D eigenvalue weighted by atomic mass is 15.2. The van der Waals surface area contributed by atoms with Crippen molar-refractivity contribution in [2.24, 2.45) is 0 Å². The van der Waals surface area contributed by atoms with Crippen LogP contribution < -0.4 is 0 Å². The lowest BCUT2D eigenvalue weighted by atomic mass is 10.1. The van der Waals surface area contributed by atoms with Crippen LogP contribution in [0.3, 0.4) is 0 Å². The third-order valence-corrected chi connectivity index (χ3v) is 2.73. The van der Waals surface area contributed by atoms with Crippen molar-refractivity contribution in [3.05, 3.63) is 0 Å². The van der Waals surface area contributed by atoms with Gasteiger partial charge in [0.1, 0.15) is 0 Å². The molecular formula is C10H15N3. The fourth-order valence-electron chi connectivity index (χ4n) is 1.97. The number of nitrogens with zero attached hydrogens (tertiary/aromatic N) is 3. The highest BCUT2D eigenvalue weighted by Crippen LogP contribution is 2.24. The first-order chi connectivity index (χ1) is 6.29. The molecular weight excluding hydrogens is 162 g/mol. The first-order valence-corrected chi connectivity index (χ1v) is 4.82. The average Bonchev–Trinajstić information content (AvgIpc) is 2.65. The van der Waals surface area contributed by atoms with Crippen LogP contribution in [0.1, 0.15) is 32.6 Å². The highest BCUT2D eigenvalue weighted by molar-refractivity contribution is 4.96. The van der Waals surface area contributed by atoms with Crippen LogP contribution in [0.25, 0.3) is 0 Å². The second-order valence-corrected chi connectivity index (χ2v) is 3.57. The maximum Gasteiger partial charge on any atom is 0.0960 e. The first kappa shape index (κ1) is 10.0. The molecule has 1 unspecified atom stereocenters. The fraction of sp³-hybridized carbons (Fsp3) is 0.800. The number of hydrogen-bond donors (Lipinski definition) is 0. The van der Waals surface area contributed by atoms with Gasteiger partial charge in [0.15, 0.2) is 0 Å². The third kappa shape index (κ3) is 2.44. The molecule has 3 heteroatoms. The zero-order valence-electron chi connectivity index (χ0n) is 8.03. The van der Waals surface area contributed by atoms with Crippen LogP contribution in [0.4, 0.5) is 0 Å². The lowest BCUT2D eigenvalue weighted by Gasteiger charge is -2.27. The van der Waals surface area contributed by atoms with Gasteiger partial charge in [-0.25, -0.2) is 0 Å². The molecule has 0 amide bonds. The SMILES string of the molecule is CC(C#N)N(CC#N)C1CCCC1. The molecule has 1 fully saturated rings. The Labute approximate surface area is 79.6 Å². The van der Waals surface area contributed by atoms with Crippen LogP contribution in [0.5, 0.6) is 0 Å². The third-order valence-electron chi connectivity index (χ3n) is 2.73. The van der Waals surface area contributed by atoms with Crippen molar-refractivity contribution >= 4 is 0 Å². The van der Waals surface area contributed by atoms with E-state index in [4.69, 9.17) is 10.5 Å². The summed E-state index contributed by atoms with van der Waals surface area (Å²) in [6.07, 6.45) is 4.77. The van der Waals surface area contributed by atoms with E-state index in [1.54, 1.807) is 0 Å². The second-order valence-electron chi connectivity index (χ2n) is 3.57. The van der Waals surface area contributed by atoms with E-state index in [1.807, 2.05) is 11.8 Å². The molecule has 1 aliphatic carbocycles. The summed E-state index contributed by atoms with van der Waals surface area (Å²) in [5.41, 5.74) is 0. The van der Waals surface area contributed by atoms with Gasteiger partial charge in [-0.1, -0.05) is 12.8 Å². The van der Waals surface area contributed by atoms with Crippen molar-refractivity contribution in [2.75, 3.05) is 6.54 Å². The first-order valence-electron chi connectivity index (χ1n) is 4.82. The van der Waals surface area contributed by atoms with E-state index in [9.17, 15) is 0 Å². The zero-order valence-corrected chi connectivity index (χ0v) is 8.03. The predicted octanol–water partition coefficient (Wildman–Crippen LogP) is 1.67.